The number of pyridine rings is 1. The van der Waals surface area contributed by atoms with E-state index in [4.69, 9.17) is 15.0 Å². The van der Waals surface area contributed by atoms with E-state index in [2.05, 4.69) is 15.5 Å². The fourth-order valence-corrected chi connectivity index (χ4v) is 6.18. The summed E-state index contributed by atoms with van der Waals surface area (Å²) in [6.45, 7) is 5.62. The van der Waals surface area contributed by atoms with Crippen molar-refractivity contribution >= 4 is 62.8 Å². The largest absolute Gasteiger partial charge is 0.477 e. The third-order valence-corrected chi connectivity index (χ3v) is 7.93. The van der Waals surface area contributed by atoms with Crippen LogP contribution in [0.25, 0.3) is 11.1 Å². The molecule has 1 fully saturated rings. The molecule has 2 aliphatic rings. The van der Waals surface area contributed by atoms with E-state index in [0.717, 1.165) is 22.6 Å². The number of anilines is 1. The van der Waals surface area contributed by atoms with Gasteiger partial charge in [0, 0.05) is 22.8 Å². The summed E-state index contributed by atoms with van der Waals surface area (Å²) in [5.74, 6) is -1.29. The van der Waals surface area contributed by atoms with Crippen molar-refractivity contribution in [1.82, 2.24) is 15.2 Å². The first-order valence-corrected chi connectivity index (χ1v) is 13.6. The van der Waals surface area contributed by atoms with Gasteiger partial charge >= 0.3 is 5.97 Å². The van der Waals surface area contributed by atoms with Crippen molar-refractivity contribution in [2.75, 3.05) is 11.5 Å². The number of thiazole rings is 1. The molecule has 2 amide bonds. The van der Waals surface area contributed by atoms with Crippen LogP contribution in [0.2, 0.25) is 0 Å². The van der Waals surface area contributed by atoms with Crippen molar-refractivity contribution < 1.29 is 33.3 Å². The number of nitrogens with two attached hydrogens (primary N) is 1. The molecular weight excluding hydrogens is 532 g/mol. The van der Waals surface area contributed by atoms with Gasteiger partial charge < -0.3 is 25.4 Å². The van der Waals surface area contributed by atoms with Gasteiger partial charge in [0.05, 0.1) is 6.07 Å². The maximum atomic E-state index is 13.2. The summed E-state index contributed by atoms with van der Waals surface area (Å²) in [6.07, 6.45) is 1.55. The molecule has 5 heterocycles. The summed E-state index contributed by atoms with van der Waals surface area (Å²) in [6, 6.07) is 4.61. The number of carbonyl (C=O) groups is 3. The highest BCUT2D eigenvalue weighted by atomic mass is 32.2. The Labute approximate surface area is 225 Å². The van der Waals surface area contributed by atoms with Gasteiger partial charge in [-0.1, -0.05) is 5.16 Å². The Kier molecular flexibility index (Phi) is 6.84. The van der Waals surface area contributed by atoms with E-state index in [0.29, 0.717) is 16.9 Å². The number of aromatic nitrogens is 2. The standard InChI is InChI=1S/C24H24N6O6S2/c1-11(2)36-28-17(14-10-38-24(25)26-14)20(31)27-18-21(32)30-19(23(33)34)13(9-37-22(18)30)8-29-6-4-5-16-15(29)7-12(3)35-16/h4-7,10-11,18,22H,8-9H2,1-3H3,(H3-,25,26,27,31,33,34)/p+1/b28-17+/t18?,22-/m1/s1. The lowest BCUT2D eigenvalue weighted by molar-refractivity contribution is -0.663. The minimum absolute atomic E-state index is 0.0710. The second-order valence-electron chi connectivity index (χ2n) is 9.03. The molecule has 12 nitrogen and oxygen atoms in total. The number of nitrogen functional groups attached to an aromatic ring is 1. The van der Waals surface area contributed by atoms with E-state index >= 15 is 0 Å². The van der Waals surface area contributed by atoms with Gasteiger partial charge in [-0.3, -0.25) is 14.5 Å². The molecule has 5 rings (SSSR count). The average Bonchev–Trinajstić information content (AvgIpc) is 3.47. The van der Waals surface area contributed by atoms with Gasteiger partial charge in [0.25, 0.3) is 17.3 Å². The molecule has 14 heteroatoms. The van der Waals surface area contributed by atoms with E-state index in [9.17, 15) is 19.5 Å². The van der Waals surface area contributed by atoms with Crippen LogP contribution < -0.4 is 15.6 Å². The van der Waals surface area contributed by atoms with Gasteiger partial charge in [0.2, 0.25) is 0 Å². The predicted octanol–water partition coefficient (Wildman–Crippen LogP) is 1.64. The third kappa shape index (κ3) is 4.72. The first kappa shape index (κ1) is 25.7. The van der Waals surface area contributed by atoms with Gasteiger partial charge in [0.1, 0.15) is 34.7 Å². The van der Waals surface area contributed by atoms with Crippen LogP contribution in [0.5, 0.6) is 0 Å². The number of oxime groups is 1. The topological polar surface area (TPSA) is 164 Å². The molecule has 198 valence electrons. The van der Waals surface area contributed by atoms with Crippen molar-refractivity contribution in [3.05, 3.63) is 52.5 Å². The zero-order valence-corrected chi connectivity index (χ0v) is 22.3. The minimum Gasteiger partial charge on any atom is -0.477 e. The first-order valence-electron chi connectivity index (χ1n) is 11.7. The van der Waals surface area contributed by atoms with E-state index in [1.54, 1.807) is 19.2 Å². The normalized spacial score (nSPS) is 19.5. The third-order valence-electron chi connectivity index (χ3n) is 5.92. The van der Waals surface area contributed by atoms with Crippen molar-refractivity contribution in [3.63, 3.8) is 0 Å². The highest BCUT2D eigenvalue weighted by Gasteiger charge is 2.55. The van der Waals surface area contributed by atoms with E-state index < -0.39 is 29.2 Å². The van der Waals surface area contributed by atoms with Crippen LogP contribution in [-0.2, 0) is 25.8 Å². The Morgan fingerprint density at radius 3 is 2.92 bits per heavy atom. The van der Waals surface area contributed by atoms with E-state index in [-0.39, 0.29) is 34.9 Å². The second-order valence-corrected chi connectivity index (χ2v) is 11.0. The average molecular weight is 558 g/mol. The molecule has 0 aromatic carbocycles. The first-order chi connectivity index (χ1) is 18.1. The second kappa shape index (κ2) is 10.1. The highest BCUT2D eigenvalue weighted by molar-refractivity contribution is 8.00. The Balaban J connectivity index is 1.38. The van der Waals surface area contributed by atoms with Gasteiger partial charge in [-0.05, 0) is 26.8 Å². The zero-order valence-electron chi connectivity index (χ0n) is 20.7. The maximum Gasteiger partial charge on any atom is 0.352 e. The van der Waals surface area contributed by atoms with Crippen LogP contribution in [0.4, 0.5) is 5.13 Å². The number of nitrogens with zero attached hydrogens (tertiary/aromatic N) is 4. The summed E-state index contributed by atoms with van der Waals surface area (Å²) < 4.78 is 7.57. The summed E-state index contributed by atoms with van der Waals surface area (Å²) in [5.41, 5.74) is 7.84. The molecule has 3 aromatic rings. The number of hydrogen-bond donors (Lipinski definition) is 3. The van der Waals surface area contributed by atoms with E-state index in [1.807, 2.05) is 35.9 Å². The number of fused-ring (bicyclic) bond motifs is 2. The summed E-state index contributed by atoms with van der Waals surface area (Å²) in [7, 11) is 0. The predicted molar refractivity (Wildman–Crippen MR) is 140 cm³/mol. The van der Waals surface area contributed by atoms with Gasteiger partial charge in [0.15, 0.2) is 29.2 Å². The molecule has 1 unspecified atom stereocenters. The Bertz CT molecular complexity index is 1510. The molecule has 0 radical (unpaired) electrons. The van der Waals surface area contributed by atoms with Crippen molar-refractivity contribution in [1.29, 1.82) is 0 Å². The van der Waals surface area contributed by atoms with Crippen LogP contribution in [0.1, 0.15) is 25.3 Å². The van der Waals surface area contributed by atoms with Crippen LogP contribution >= 0.6 is 23.1 Å². The Hall–Kier alpha value is -3.91. The molecule has 3 aromatic heterocycles. The molecule has 0 saturated carbocycles. The Morgan fingerprint density at radius 2 is 2.24 bits per heavy atom. The molecule has 0 aliphatic carbocycles. The quantitative estimate of drug-likeness (QED) is 0.162. The summed E-state index contributed by atoms with van der Waals surface area (Å²) in [4.78, 5) is 49.2. The number of aryl methyl sites for hydroxylation is 1. The smallest absolute Gasteiger partial charge is 0.352 e. The number of nitrogens with one attached hydrogen (secondary N) is 1. The Morgan fingerprint density at radius 1 is 1.45 bits per heavy atom. The number of carboxylic acids is 1. The number of hydrogen-bond acceptors (Lipinski definition) is 10. The number of carbonyl (C=O) groups excluding carboxylic acids is 2. The molecule has 2 aliphatic heterocycles. The van der Waals surface area contributed by atoms with Crippen molar-refractivity contribution in [2.24, 2.45) is 5.16 Å². The van der Waals surface area contributed by atoms with Gasteiger partial charge in [-0.2, -0.15) is 4.57 Å². The van der Waals surface area contributed by atoms with E-state index in [1.165, 1.54) is 16.7 Å². The lowest BCUT2D eigenvalue weighted by Gasteiger charge is -2.49. The molecule has 0 spiro atoms. The lowest BCUT2D eigenvalue weighted by atomic mass is 10.0. The molecule has 2 atom stereocenters. The number of amides is 2. The molecule has 0 bridgehead atoms. The fraction of sp³-hybridized carbons (Fsp3) is 0.333. The number of thioether (sulfide) groups is 1. The van der Waals surface area contributed by atoms with Crippen molar-refractivity contribution in [2.45, 2.75) is 44.8 Å². The monoisotopic (exact) mass is 557 g/mol. The summed E-state index contributed by atoms with van der Waals surface area (Å²) >= 11 is 2.52. The van der Waals surface area contributed by atoms with Crippen molar-refractivity contribution in [3.8, 4) is 0 Å². The van der Waals surface area contributed by atoms with Gasteiger partial charge in [-0.15, -0.1) is 23.1 Å². The van der Waals surface area contributed by atoms with Crippen LogP contribution in [-0.4, -0.2) is 61.8 Å². The molecule has 1 saturated heterocycles. The lowest BCUT2D eigenvalue weighted by Crippen LogP contribution is -2.71. The molecule has 38 heavy (non-hydrogen) atoms. The fourth-order valence-electron chi connectivity index (χ4n) is 4.29. The number of furan rings is 1. The van der Waals surface area contributed by atoms with Gasteiger partial charge in [-0.25, -0.2) is 9.78 Å². The number of aliphatic carboxylic acids is 1. The zero-order chi connectivity index (χ0) is 27.1. The maximum absolute atomic E-state index is 13.2. The minimum atomic E-state index is -1.20. The number of β-lactam (4-membered cyclic amide) rings is 1. The number of carboxylic acid groups (broad SMARTS) is 1. The van der Waals surface area contributed by atoms with Crippen LogP contribution in [0.3, 0.4) is 0 Å². The van der Waals surface area contributed by atoms with Crippen LogP contribution in [0, 0.1) is 6.92 Å². The SMILES string of the molecule is Cc1cc2c(ccc[n+]2CC2=C(C(=O)O)N3C(=O)C(NC(=O)/C(=N/OC(C)C)c4csc(N)n4)[C@H]3SC2)o1. The van der Waals surface area contributed by atoms with Crippen LogP contribution in [0.15, 0.2) is 50.6 Å². The molecule has 4 N–H and O–H groups in total. The number of rotatable bonds is 8. The highest BCUT2D eigenvalue weighted by Crippen LogP contribution is 2.40. The summed E-state index contributed by atoms with van der Waals surface area (Å²) in [5, 5.41) is 17.9. The molecular formula is C24H25N6O6S2+.